The van der Waals surface area contributed by atoms with Gasteiger partial charge < -0.3 is 19.1 Å². The van der Waals surface area contributed by atoms with Gasteiger partial charge in [0.15, 0.2) is 6.23 Å². The summed E-state index contributed by atoms with van der Waals surface area (Å²) in [4.78, 5) is 37.8. The SMILES string of the molecule is CC(C)OC(=O)[C@H](C)NP(=O)(OC[C@H]1O[C@@H](n2ccc(=O)[nH]c2=O)[C@H](O)[C@@H]1CF)SC1CCCC1. The molecule has 0 spiro atoms. The van der Waals surface area contributed by atoms with Gasteiger partial charge in [-0.25, -0.2) is 9.88 Å². The zero-order valence-electron chi connectivity index (χ0n) is 19.9. The summed E-state index contributed by atoms with van der Waals surface area (Å²) in [6.45, 7) is -0.0668. The monoisotopic (exact) mass is 537 g/mol. The molecule has 3 N–H and O–H groups in total. The molecule has 1 aromatic rings. The number of aromatic nitrogens is 2. The first-order valence-electron chi connectivity index (χ1n) is 11.6. The van der Waals surface area contributed by atoms with E-state index >= 15 is 0 Å². The Labute approximate surface area is 206 Å². The summed E-state index contributed by atoms with van der Waals surface area (Å²) in [6.07, 6.45) is 0.812. The summed E-state index contributed by atoms with van der Waals surface area (Å²) in [6, 6.07) is 0.163. The molecule has 0 aromatic carbocycles. The van der Waals surface area contributed by atoms with Gasteiger partial charge in [0.2, 0.25) is 0 Å². The number of rotatable bonds is 11. The van der Waals surface area contributed by atoms with Crippen LogP contribution in [0.4, 0.5) is 4.39 Å². The molecule has 2 aliphatic rings. The minimum atomic E-state index is -3.67. The number of alkyl halides is 1. The Kier molecular flexibility index (Phi) is 9.75. The smallest absolute Gasteiger partial charge is 0.330 e. The van der Waals surface area contributed by atoms with E-state index in [1.165, 1.54) is 6.92 Å². The quantitative estimate of drug-likeness (QED) is 0.283. The number of nitrogens with zero attached hydrogens (tertiary/aromatic N) is 1. The number of esters is 1. The number of hydrogen-bond donors (Lipinski definition) is 3. The first kappa shape index (κ1) is 28.1. The summed E-state index contributed by atoms with van der Waals surface area (Å²) in [5.74, 6) is -1.64. The van der Waals surface area contributed by atoms with Crippen molar-refractivity contribution in [3.05, 3.63) is 33.1 Å². The Morgan fingerprint density at radius 2 is 2.06 bits per heavy atom. The largest absolute Gasteiger partial charge is 0.462 e. The fourth-order valence-corrected chi connectivity index (χ4v) is 8.98. The van der Waals surface area contributed by atoms with Crippen molar-refractivity contribution in [1.82, 2.24) is 14.6 Å². The van der Waals surface area contributed by atoms with E-state index in [1.807, 2.05) is 0 Å². The molecule has 1 saturated carbocycles. The highest BCUT2D eigenvalue weighted by molar-refractivity contribution is 8.56. The zero-order chi connectivity index (χ0) is 25.8. The van der Waals surface area contributed by atoms with Crippen LogP contribution in [0, 0.1) is 5.92 Å². The molecule has 1 unspecified atom stereocenters. The molecule has 1 aliphatic heterocycles. The lowest BCUT2D eigenvalue weighted by Crippen LogP contribution is -2.36. The zero-order valence-corrected chi connectivity index (χ0v) is 21.6. The molecule has 1 aromatic heterocycles. The van der Waals surface area contributed by atoms with Crippen molar-refractivity contribution in [1.29, 1.82) is 0 Å². The van der Waals surface area contributed by atoms with Crippen LogP contribution in [-0.4, -0.2) is 63.5 Å². The Balaban J connectivity index is 1.74. The van der Waals surface area contributed by atoms with Crippen molar-refractivity contribution < 1.29 is 32.9 Å². The van der Waals surface area contributed by atoms with E-state index in [0.29, 0.717) is 0 Å². The molecule has 0 bridgehead atoms. The van der Waals surface area contributed by atoms with Crippen molar-refractivity contribution in [3.8, 4) is 0 Å². The maximum atomic E-state index is 13.8. The average Bonchev–Trinajstić information content (AvgIpc) is 3.39. The van der Waals surface area contributed by atoms with Gasteiger partial charge in [-0.15, -0.1) is 0 Å². The lowest BCUT2D eigenvalue weighted by atomic mass is 10.00. The number of hydrogen-bond acceptors (Lipinski definition) is 9. The van der Waals surface area contributed by atoms with Gasteiger partial charge >= 0.3 is 18.4 Å². The third-order valence-electron chi connectivity index (χ3n) is 5.88. The van der Waals surface area contributed by atoms with E-state index in [-0.39, 0.29) is 18.0 Å². The molecule has 1 aliphatic carbocycles. The lowest BCUT2D eigenvalue weighted by Gasteiger charge is -2.26. The first-order chi connectivity index (χ1) is 16.5. The van der Waals surface area contributed by atoms with Crippen molar-refractivity contribution in [2.45, 2.75) is 82.3 Å². The van der Waals surface area contributed by atoms with Crippen LogP contribution >= 0.6 is 18.1 Å². The van der Waals surface area contributed by atoms with E-state index in [2.05, 4.69) is 10.1 Å². The van der Waals surface area contributed by atoms with E-state index in [1.54, 1.807) is 13.8 Å². The van der Waals surface area contributed by atoms with E-state index in [4.69, 9.17) is 14.0 Å². The Hall–Kier alpha value is -1.50. The molecule has 6 atom stereocenters. The lowest BCUT2D eigenvalue weighted by molar-refractivity contribution is -0.149. The van der Waals surface area contributed by atoms with E-state index in [9.17, 15) is 28.4 Å². The third-order valence-corrected chi connectivity index (χ3v) is 10.5. The van der Waals surface area contributed by atoms with Gasteiger partial charge in [0, 0.05) is 23.4 Å². The van der Waals surface area contributed by atoms with Gasteiger partial charge in [0.1, 0.15) is 12.1 Å². The predicted octanol–water partition coefficient (Wildman–Crippen LogP) is 2.11. The summed E-state index contributed by atoms with van der Waals surface area (Å²) >= 11 is 1.12. The second-order valence-corrected chi connectivity index (χ2v) is 13.5. The summed E-state index contributed by atoms with van der Waals surface area (Å²) in [5, 5.41) is 13.4. The van der Waals surface area contributed by atoms with E-state index in [0.717, 1.165) is 53.9 Å². The number of nitrogens with one attached hydrogen (secondary N) is 2. The minimum Gasteiger partial charge on any atom is -0.462 e. The van der Waals surface area contributed by atoms with Crippen LogP contribution in [0.2, 0.25) is 0 Å². The fraction of sp³-hybridized carbons (Fsp3) is 0.762. The topological polar surface area (TPSA) is 149 Å². The first-order valence-corrected chi connectivity index (χ1v) is 14.8. The highest BCUT2D eigenvalue weighted by Gasteiger charge is 2.46. The van der Waals surface area contributed by atoms with Gasteiger partial charge in [0.05, 0.1) is 25.5 Å². The molecule has 1 saturated heterocycles. The van der Waals surface area contributed by atoms with Crippen molar-refractivity contribution in [3.63, 3.8) is 0 Å². The third kappa shape index (κ3) is 7.27. The number of carbonyl (C=O) groups excluding carboxylic acids is 1. The Morgan fingerprint density at radius 3 is 2.66 bits per heavy atom. The molecule has 2 heterocycles. The number of aromatic amines is 1. The molecule has 2 fully saturated rings. The second-order valence-electron chi connectivity index (χ2n) is 9.03. The standard InChI is InChI=1S/C21H33FN3O8PS/c1-12(2)32-20(28)13(3)24-34(30,35-14-6-4-5-7-14)31-11-16-15(10-22)18(27)19(33-16)25-9-8-17(26)23-21(25)29/h8-9,12-16,18-19,27H,4-7,10-11H2,1-3H3,(H,24,30)(H,23,26,29)/t13-,15+,16+,18+,19+,34?/m0/s1. The fourth-order valence-electron chi connectivity index (χ4n) is 4.09. The highest BCUT2D eigenvalue weighted by Crippen LogP contribution is 2.61. The summed E-state index contributed by atoms with van der Waals surface area (Å²) in [7, 11) is 0. The van der Waals surface area contributed by atoms with Crippen LogP contribution < -0.4 is 16.3 Å². The second kappa shape index (κ2) is 12.2. The Morgan fingerprint density at radius 1 is 1.37 bits per heavy atom. The maximum Gasteiger partial charge on any atom is 0.330 e. The molecule has 0 amide bonds. The van der Waals surface area contributed by atoms with Gasteiger partial charge in [-0.05, 0) is 33.6 Å². The number of aliphatic hydroxyl groups excluding tert-OH is 1. The van der Waals surface area contributed by atoms with Crippen LogP contribution in [0.5, 0.6) is 0 Å². The van der Waals surface area contributed by atoms with Crippen LogP contribution in [0.15, 0.2) is 21.9 Å². The minimum absolute atomic E-state index is 0.0705. The van der Waals surface area contributed by atoms with Gasteiger partial charge in [0.25, 0.3) is 5.56 Å². The van der Waals surface area contributed by atoms with Crippen molar-refractivity contribution in [2.75, 3.05) is 13.3 Å². The van der Waals surface area contributed by atoms with Crippen LogP contribution in [0.25, 0.3) is 0 Å². The Bertz CT molecular complexity index is 1030. The molecular weight excluding hydrogens is 504 g/mol. The predicted molar refractivity (Wildman–Crippen MR) is 128 cm³/mol. The van der Waals surface area contributed by atoms with Crippen molar-refractivity contribution in [2.24, 2.45) is 5.92 Å². The molecular formula is C21H33FN3O8PS. The molecule has 35 heavy (non-hydrogen) atoms. The molecule has 11 nitrogen and oxygen atoms in total. The van der Waals surface area contributed by atoms with E-state index < -0.39 is 61.0 Å². The van der Waals surface area contributed by atoms with Gasteiger partial charge in [-0.2, -0.15) is 0 Å². The number of H-pyrrole nitrogens is 1. The normalized spacial score (nSPS) is 27.7. The van der Waals surface area contributed by atoms with Crippen LogP contribution in [0.1, 0.15) is 52.7 Å². The summed E-state index contributed by atoms with van der Waals surface area (Å²) < 4.78 is 45.3. The average molecular weight is 538 g/mol. The molecule has 14 heteroatoms. The maximum absolute atomic E-state index is 13.8. The summed E-state index contributed by atoms with van der Waals surface area (Å²) in [5.41, 5.74) is -1.44. The number of aliphatic hydroxyl groups is 1. The van der Waals surface area contributed by atoms with Crippen LogP contribution in [0.3, 0.4) is 0 Å². The highest BCUT2D eigenvalue weighted by atomic mass is 32.7. The molecule has 198 valence electrons. The number of ether oxygens (including phenoxy) is 2. The van der Waals surface area contributed by atoms with Crippen molar-refractivity contribution >= 4 is 24.1 Å². The number of carbonyl (C=O) groups is 1. The number of halogens is 1. The van der Waals surface area contributed by atoms with Gasteiger partial charge in [-0.3, -0.25) is 28.1 Å². The van der Waals surface area contributed by atoms with Crippen LogP contribution in [-0.2, 0) is 23.4 Å². The molecule has 3 rings (SSSR count). The van der Waals surface area contributed by atoms with Gasteiger partial charge in [-0.1, -0.05) is 24.2 Å². The molecule has 0 radical (unpaired) electrons.